The molecule has 1 amide bonds. The van der Waals surface area contributed by atoms with E-state index >= 15 is 0 Å². The molecule has 180 valence electrons. The number of amides is 1. The fourth-order valence-corrected chi connectivity index (χ4v) is 2.97. The number of benzene rings is 2. The predicted octanol–water partition coefficient (Wildman–Crippen LogP) is 5.19. The van der Waals surface area contributed by atoms with Crippen LogP contribution in [0.5, 0.6) is 11.5 Å². The number of nitrogens with one attached hydrogen (secondary N) is 1. The van der Waals surface area contributed by atoms with Crippen LogP contribution >= 0.6 is 0 Å². The molecule has 7 nitrogen and oxygen atoms in total. The summed E-state index contributed by atoms with van der Waals surface area (Å²) >= 11 is 0. The number of hydrogen-bond donors (Lipinski definition) is 1. The Kier molecular flexibility index (Phi) is 9.08. The Bertz CT molecular complexity index is 928. The first-order valence-electron chi connectivity index (χ1n) is 10.8. The van der Waals surface area contributed by atoms with Gasteiger partial charge in [-0.3, -0.25) is 0 Å². The Morgan fingerprint density at radius 2 is 1.73 bits per heavy atom. The van der Waals surface area contributed by atoms with Gasteiger partial charge in [0.25, 0.3) is 0 Å². The van der Waals surface area contributed by atoms with Crippen LogP contribution in [0.1, 0.15) is 53.2 Å². The molecule has 0 saturated heterocycles. The summed E-state index contributed by atoms with van der Waals surface area (Å²) in [4.78, 5) is 24.7. The number of rotatable bonds is 9. The van der Waals surface area contributed by atoms with E-state index in [1.54, 1.807) is 52.8 Å². The molecule has 0 spiro atoms. The van der Waals surface area contributed by atoms with Gasteiger partial charge in [-0.25, -0.2) is 14.0 Å². The number of carbonyl (C=O) groups excluding carboxylic acids is 2. The molecule has 0 fully saturated rings. The molecule has 8 heteroatoms. The van der Waals surface area contributed by atoms with Gasteiger partial charge in [-0.2, -0.15) is 0 Å². The van der Waals surface area contributed by atoms with Crippen molar-refractivity contribution in [2.24, 2.45) is 0 Å². The molecule has 0 aliphatic carbocycles. The first kappa shape index (κ1) is 26.0. The van der Waals surface area contributed by atoms with Crippen LogP contribution in [0, 0.1) is 5.82 Å². The van der Waals surface area contributed by atoms with Crippen LogP contribution in [0.2, 0.25) is 0 Å². The van der Waals surface area contributed by atoms with Crippen LogP contribution in [0.25, 0.3) is 0 Å². The van der Waals surface area contributed by atoms with Crippen molar-refractivity contribution in [2.45, 2.75) is 65.4 Å². The van der Waals surface area contributed by atoms with Gasteiger partial charge in [0.05, 0.1) is 6.61 Å². The van der Waals surface area contributed by atoms with Crippen LogP contribution in [0.4, 0.5) is 9.18 Å². The zero-order valence-corrected chi connectivity index (χ0v) is 19.9. The van der Waals surface area contributed by atoms with Crippen molar-refractivity contribution in [3.8, 4) is 11.5 Å². The minimum atomic E-state index is -0.959. The van der Waals surface area contributed by atoms with Crippen LogP contribution in [0.3, 0.4) is 0 Å². The SMILES string of the molecule is CCOc1cc(F)ccc1[C@@H](Oc1ccccc1)[C@H](C)OC(=O)[C@H](C)NC(=O)OC(C)(C)C. The fourth-order valence-electron chi connectivity index (χ4n) is 2.97. The number of carbonyl (C=O) groups is 2. The Hall–Kier alpha value is -3.29. The molecule has 1 N–H and O–H groups in total. The normalized spacial score (nSPS) is 13.9. The zero-order chi connectivity index (χ0) is 24.6. The van der Waals surface area contributed by atoms with Crippen molar-refractivity contribution < 1.29 is 32.9 Å². The molecule has 0 heterocycles. The van der Waals surface area contributed by atoms with Crippen LogP contribution in [0.15, 0.2) is 48.5 Å². The van der Waals surface area contributed by atoms with Gasteiger partial charge in [0.1, 0.15) is 35.1 Å². The van der Waals surface area contributed by atoms with Crippen LogP contribution in [-0.2, 0) is 14.3 Å². The number of para-hydroxylation sites is 1. The highest BCUT2D eigenvalue weighted by Gasteiger charge is 2.30. The Morgan fingerprint density at radius 1 is 1.06 bits per heavy atom. The molecule has 0 saturated carbocycles. The summed E-state index contributed by atoms with van der Waals surface area (Å²) in [5.74, 6) is -0.297. The van der Waals surface area contributed by atoms with Gasteiger partial charge >= 0.3 is 12.1 Å². The van der Waals surface area contributed by atoms with E-state index in [4.69, 9.17) is 18.9 Å². The average molecular weight is 462 g/mol. The molecule has 0 bridgehead atoms. The Morgan fingerprint density at radius 3 is 2.33 bits per heavy atom. The number of hydrogen-bond acceptors (Lipinski definition) is 6. The van der Waals surface area contributed by atoms with Gasteiger partial charge in [-0.15, -0.1) is 0 Å². The summed E-state index contributed by atoms with van der Waals surface area (Å²) in [5, 5.41) is 2.46. The average Bonchev–Trinajstić information content (AvgIpc) is 2.72. The minimum absolute atomic E-state index is 0.293. The molecule has 3 atom stereocenters. The summed E-state index contributed by atoms with van der Waals surface area (Å²) in [6.07, 6.45) is -2.33. The second kappa shape index (κ2) is 11.5. The van der Waals surface area contributed by atoms with E-state index in [2.05, 4.69) is 5.32 Å². The van der Waals surface area contributed by atoms with Crippen molar-refractivity contribution >= 4 is 12.1 Å². The molecule has 2 aromatic rings. The lowest BCUT2D eigenvalue weighted by molar-refractivity contribution is -0.155. The van der Waals surface area contributed by atoms with E-state index in [9.17, 15) is 14.0 Å². The van der Waals surface area contributed by atoms with Crippen molar-refractivity contribution in [3.63, 3.8) is 0 Å². The molecule has 2 aromatic carbocycles. The number of alkyl carbamates (subject to hydrolysis) is 1. The monoisotopic (exact) mass is 461 g/mol. The van der Waals surface area contributed by atoms with Crippen LogP contribution in [-0.4, -0.2) is 36.4 Å². The lowest BCUT2D eigenvalue weighted by Crippen LogP contribution is -2.43. The van der Waals surface area contributed by atoms with Crippen molar-refractivity contribution in [2.75, 3.05) is 6.61 Å². The highest BCUT2D eigenvalue weighted by Crippen LogP contribution is 2.33. The van der Waals surface area contributed by atoms with E-state index in [1.807, 2.05) is 18.2 Å². The third-order valence-electron chi connectivity index (χ3n) is 4.40. The second-order valence-corrected chi connectivity index (χ2v) is 8.48. The number of esters is 1. The smallest absolute Gasteiger partial charge is 0.408 e. The van der Waals surface area contributed by atoms with Gasteiger partial charge in [0, 0.05) is 11.6 Å². The third-order valence-corrected chi connectivity index (χ3v) is 4.40. The molecule has 2 rings (SSSR count). The van der Waals surface area contributed by atoms with E-state index in [0.717, 1.165) is 0 Å². The van der Waals surface area contributed by atoms with Gasteiger partial charge in [-0.05, 0) is 65.8 Å². The third kappa shape index (κ3) is 8.29. The lowest BCUT2D eigenvalue weighted by atomic mass is 10.0. The second-order valence-electron chi connectivity index (χ2n) is 8.48. The molecule has 0 aliphatic heterocycles. The predicted molar refractivity (Wildman–Crippen MR) is 122 cm³/mol. The standard InChI is InChI=1S/C25H32FNO6/c1-7-30-21-15-18(26)13-14-20(21)22(32-19-11-9-8-10-12-19)17(3)31-23(28)16(2)27-24(29)33-25(4,5)6/h8-17,22H,7H2,1-6H3,(H,27,29)/t16-,17-,22-/m0/s1. The maximum Gasteiger partial charge on any atom is 0.408 e. The highest BCUT2D eigenvalue weighted by molar-refractivity contribution is 5.81. The van der Waals surface area contributed by atoms with E-state index < -0.39 is 41.7 Å². The molecule has 33 heavy (non-hydrogen) atoms. The topological polar surface area (TPSA) is 83.1 Å². The molecular weight excluding hydrogens is 429 g/mol. The van der Waals surface area contributed by atoms with Crippen LogP contribution < -0.4 is 14.8 Å². The maximum absolute atomic E-state index is 13.9. The Labute approximate surface area is 194 Å². The minimum Gasteiger partial charge on any atom is -0.493 e. The molecule has 0 radical (unpaired) electrons. The fraction of sp³-hybridized carbons (Fsp3) is 0.440. The summed E-state index contributed by atoms with van der Waals surface area (Å²) in [7, 11) is 0. The van der Waals surface area contributed by atoms with E-state index in [-0.39, 0.29) is 0 Å². The molecular formula is C25H32FNO6. The quantitative estimate of drug-likeness (QED) is 0.518. The summed E-state index contributed by atoms with van der Waals surface area (Å²) in [5.41, 5.74) is -0.177. The Balaban J connectivity index is 2.23. The van der Waals surface area contributed by atoms with Gasteiger partial charge < -0.3 is 24.3 Å². The molecule has 0 unspecified atom stereocenters. The first-order chi connectivity index (χ1) is 15.5. The van der Waals surface area contributed by atoms with Gasteiger partial charge in [0.2, 0.25) is 0 Å². The highest BCUT2D eigenvalue weighted by atomic mass is 19.1. The van der Waals surface area contributed by atoms with E-state index in [1.165, 1.54) is 19.1 Å². The van der Waals surface area contributed by atoms with Gasteiger partial charge in [0.15, 0.2) is 6.10 Å². The molecule has 0 aromatic heterocycles. The number of halogens is 1. The summed E-state index contributed by atoms with van der Waals surface area (Å²) < 4.78 is 36.4. The van der Waals surface area contributed by atoms with Crippen molar-refractivity contribution in [1.82, 2.24) is 5.32 Å². The first-order valence-corrected chi connectivity index (χ1v) is 10.8. The zero-order valence-electron chi connectivity index (χ0n) is 19.9. The lowest BCUT2D eigenvalue weighted by Gasteiger charge is -2.28. The number of ether oxygens (including phenoxy) is 4. The van der Waals surface area contributed by atoms with Gasteiger partial charge in [-0.1, -0.05) is 18.2 Å². The largest absolute Gasteiger partial charge is 0.493 e. The molecule has 0 aliphatic rings. The van der Waals surface area contributed by atoms with E-state index in [0.29, 0.717) is 23.7 Å². The summed E-state index contributed by atoms with van der Waals surface area (Å²) in [6.45, 7) is 10.4. The maximum atomic E-state index is 13.9. The van der Waals surface area contributed by atoms with Crippen molar-refractivity contribution in [3.05, 3.63) is 59.9 Å². The summed E-state index contributed by atoms with van der Waals surface area (Å²) in [6, 6.07) is 12.1. The van der Waals surface area contributed by atoms with Crippen molar-refractivity contribution in [1.29, 1.82) is 0 Å².